The Balaban J connectivity index is 1.64. The molecule has 0 fully saturated rings. The fraction of sp³-hybridized carbons (Fsp3) is 0.143. The van der Waals surface area contributed by atoms with E-state index in [1.165, 1.54) is 6.33 Å². The summed E-state index contributed by atoms with van der Waals surface area (Å²) in [6, 6.07) is 5.36. The van der Waals surface area contributed by atoms with Gasteiger partial charge in [-0.15, -0.1) is 0 Å². The third-order valence-electron chi connectivity index (χ3n) is 5.17. The molecule has 5 heterocycles. The summed E-state index contributed by atoms with van der Waals surface area (Å²) in [7, 11) is 1.87. The number of fused-ring (bicyclic) bond motifs is 1. The Bertz CT molecular complexity index is 1390. The molecular formula is C21H19N9O. The Kier molecular flexibility index (Phi) is 4.22. The molecule has 1 unspecified atom stereocenters. The van der Waals surface area contributed by atoms with Crippen molar-refractivity contribution >= 4 is 17.0 Å². The molecule has 5 rings (SSSR count). The van der Waals surface area contributed by atoms with Crippen molar-refractivity contribution in [3.05, 3.63) is 66.9 Å². The van der Waals surface area contributed by atoms with Crippen LogP contribution in [0, 0.1) is 0 Å². The minimum absolute atomic E-state index is 0.0487. The molecule has 0 aliphatic rings. The van der Waals surface area contributed by atoms with E-state index in [1.54, 1.807) is 42.3 Å². The van der Waals surface area contributed by atoms with Crippen molar-refractivity contribution in [3.8, 4) is 22.4 Å². The number of aliphatic hydroxyl groups is 1. The maximum atomic E-state index is 11.1. The van der Waals surface area contributed by atoms with Crippen molar-refractivity contribution in [2.75, 3.05) is 5.73 Å². The van der Waals surface area contributed by atoms with Gasteiger partial charge in [0.05, 0.1) is 23.3 Å². The number of H-pyrrole nitrogens is 1. The molecular weight excluding hydrogens is 394 g/mol. The highest BCUT2D eigenvalue weighted by atomic mass is 16.3. The average molecular weight is 413 g/mol. The van der Waals surface area contributed by atoms with Gasteiger partial charge in [0.25, 0.3) is 0 Å². The van der Waals surface area contributed by atoms with Gasteiger partial charge in [-0.3, -0.25) is 4.68 Å². The number of hydrogen-bond acceptors (Lipinski definition) is 8. The quantitative estimate of drug-likeness (QED) is 0.406. The van der Waals surface area contributed by atoms with Crippen molar-refractivity contribution in [1.29, 1.82) is 0 Å². The fourth-order valence-electron chi connectivity index (χ4n) is 3.51. The molecule has 10 nitrogen and oxygen atoms in total. The summed E-state index contributed by atoms with van der Waals surface area (Å²) < 4.78 is 1.74. The van der Waals surface area contributed by atoms with E-state index in [0.29, 0.717) is 22.7 Å². The van der Waals surface area contributed by atoms with E-state index in [0.717, 1.165) is 22.1 Å². The molecule has 4 N–H and O–H groups in total. The van der Waals surface area contributed by atoms with Crippen molar-refractivity contribution in [3.63, 3.8) is 0 Å². The highest BCUT2D eigenvalue weighted by Crippen LogP contribution is 2.33. The van der Waals surface area contributed by atoms with Gasteiger partial charge in [0, 0.05) is 53.9 Å². The fourth-order valence-corrected chi connectivity index (χ4v) is 3.51. The first kappa shape index (κ1) is 18.8. The summed E-state index contributed by atoms with van der Waals surface area (Å²) in [5.41, 5.74) is 9.23. The number of aryl methyl sites for hydroxylation is 1. The van der Waals surface area contributed by atoms with Gasteiger partial charge in [-0.05, 0) is 25.1 Å². The van der Waals surface area contributed by atoms with E-state index < -0.39 is 5.60 Å². The van der Waals surface area contributed by atoms with Crippen molar-refractivity contribution < 1.29 is 5.11 Å². The van der Waals surface area contributed by atoms with Crippen LogP contribution in [0.5, 0.6) is 0 Å². The minimum Gasteiger partial charge on any atom is -0.377 e. The minimum atomic E-state index is -1.47. The second kappa shape index (κ2) is 6.96. The Morgan fingerprint density at radius 2 is 1.97 bits per heavy atom. The second-order valence-corrected chi connectivity index (χ2v) is 7.39. The lowest BCUT2D eigenvalue weighted by Crippen LogP contribution is -2.26. The predicted molar refractivity (Wildman–Crippen MR) is 114 cm³/mol. The van der Waals surface area contributed by atoms with Crippen LogP contribution < -0.4 is 5.73 Å². The summed E-state index contributed by atoms with van der Waals surface area (Å²) in [5, 5.41) is 16.2. The molecule has 0 spiro atoms. The lowest BCUT2D eigenvalue weighted by atomic mass is 9.96. The van der Waals surface area contributed by atoms with Crippen LogP contribution >= 0.6 is 0 Å². The van der Waals surface area contributed by atoms with Crippen LogP contribution in [0.1, 0.15) is 18.3 Å². The number of anilines is 1. The van der Waals surface area contributed by atoms with Crippen LogP contribution in [-0.4, -0.2) is 44.8 Å². The van der Waals surface area contributed by atoms with Crippen LogP contribution in [0.3, 0.4) is 0 Å². The molecule has 0 saturated heterocycles. The number of hydrogen-bond donors (Lipinski definition) is 3. The summed E-state index contributed by atoms with van der Waals surface area (Å²) in [5.74, 6) is 0.0487. The predicted octanol–water partition coefficient (Wildman–Crippen LogP) is 2.05. The highest BCUT2D eigenvalue weighted by molar-refractivity contribution is 5.95. The van der Waals surface area contributed by atoms with Gasteiger partial charge >= 0.3 is 0 Å². The van der Waals surface area contributed by atoms with Crippen molar-refractivity contribution in [2.45, 2.75) is 12.5 Å². The second-order valence-electron chi connectivity index (χ2n) is 7.39. The monoisotopic (exact) mass is 413 g/mol. The molecule has 0 saturated carbocycles. The maximum Gasteiger partial charge on any atom is 0.220 e. The first-order valence-electron chi connectivity index (χ1n) is 9.52. The number of rotatable bonds is 4. The molecule has 0 amide bonds. The van der Waals surface area contributed by atoms with E-state index in [4.69, 9.17) is 5.73 Å². The third kappa shape index (κ3) is 3.28. The van der Waals surface area contributed by atoms with Gasteiger partial charge in [-0.25, -0.2) is 24.9 Å². The van der Waals surface area contributed by atoms with Gasteiger partial charge in [-0.2, -0.15) is 5.10 Å². The van der Waals surface area contributed by atoms with E-state index in [1.807, 2.05) is 25.5 Å². The van der Waals surface area contributed by atoms with Gasteiger partial charge in [0.2, 0.25) is 5.95 Å². The number of nitrogens with one attached hydrogen (secondary N) is 1. The normalized spacial score (nSPS) is 13.4. The molecule has 0 radical (unpaired) electrons. The van der Waals surface area contributed by atoms with Crippen LogP contribution in [0.4, 0.5) is 5.95 Å². The van der Waals surface area contributed by atoms with E-state index in [9.17, 15) is 5.11 Å². The Hall–Kier alpha value is -4.18. The first-order valence-corrected chi connectivity index (χ1v) is 9.52. The van der Waals surface area contributed by atoms with Crippen LogP contribution in [0.25, 0.3) is 33.4 Å². The molecule has 0 aliphatic carbocycles. The zero-order valence-electron chi connectivity index (χ0n) is 16.9. The lowest BCUT2D eigenvalue weighted by Gasteiger charge is -2.22. The summed E-state index contributed by atoms with van der Waals surface area (Å²) in [4.78, 5) is 24.4. The third-order valence-corrected chi connectivity index (χ3v) is 5.17. The Morgan fingerprint density at radius 1 is 1.10 bits per heavy atom. The molecule has 0 aromatic carbocycles. The zero-order chi connectivity index (χ0) is 21.6. The summed E-state index contributed by atoms with van der Waals surface area (Å²) in [6.07, 6.45) is 10.3. The molecule has 1 atom stereocenters. The van der Waals surface area contributed by atoms with Crippen molar-refractivity contribution in [2.24, 2.45) is 7.05 Å². The number of aromatic amines is 1. The number of nitrogens with zero attached hydrogens (tertiary/aromatic N) is 7. The molecule has 5 aromatic rings. The largest absolute Gasteiger partial charge is 0.377 e. The molecule has 0 bridgehead atoms. The van der Waals surface area contributed by atoms with E-state index in [2.05, 4.69) is 35.0 Å². The van der Waals surface area contributed by atoms with Crippen LogP contribution in [0.2, 0.25) is 0 Å². The van der Waals surface area contributed by atoms with E-state index in [-0.39, 0.29) is 5.95 Å². The number of pyridine rings is 1. The first-order chi connectivity index (χ1) is 14.9. The number of nitrogen functional groups attached to an aromatic ring is 1. The Labute approximate surface area is 176 Å². The SMILES string of the molecule is Cn1cc(-c2cnc3[nH]cc(-c4cc(C(C)(O)c5ccncn5)nc(N)n4)c3c2)cn1. The van der Waals surface area contributed by atoms with Gasteiger partial charge < -0.3 is 15.8 Å². The summed E-state index contributed by atoms with van der Waals surface area (Å²) in [6.45, 7) is 1.61. The Morgan fingerprint density at radius 3 is 2.71 bits per heavy atom. The van der Waals surface area contributed by atoms with Gasteiger partial charge in [-0.1, -0.05) is 0 Å². The lowest BCUT2D eigenvalue weighted by molar-refractivity contribution is 0.0925. The van der Waals surface area contributed by atoms with Gasteiger partial charge in [0.15, 0.2) is 0 Å². The molecule has 5 aromatic heterocycles. The topological polar surface area (TPSA) is 144 Å². The molecule has 31 heavy (non-hydrogen) atoms. The number of nitrogens with two attached hydrogens (primary N) is 1. The zero-order valence-corrected chi connectivity index (χ0v) is 16.9. The van der Waals surface area contributed by atoms with Gasteiger partial charge in [0.1, 0.15) is 17.6 Å². The van der Waals surface area contributed by atoms with Crippen molar-refractivity contribution in [1.82, 2.24) is 39.7 Å². The van der Waals surface area contributed by atoms with Crippen LogP contribution in [-0.2, 0) is 12.6 Å². The highest BCUT2D eigenvalue weighted by Gasteiger charge is 2.30. The maximum absolute atomic E-state index is 11.1. The molecule has 0 aliphatic heterocycles. The molecule has 10 heteroatoms. The summed E-state index contributed by atoms with van der Waals surface area (Å²) >= 11 is 0. The smallest absolute Gasteiger partial charge is 0.220 e. The average Bonchev–Trinajstić information content (AvgIpc) is 3.39. The van der Waals surface area contributed by atoms with Crippen LogP contribution in [0.15, 0.2) is 55.5 Å². The standard InChI is InChI=1S/C21H19N9O/c1-21(31,17-3-4-23-11-26-17)18-6-16(28-20(22)29-18)15-9-25-19-14(15)5-12(7-24-19)13-8-27-30(2)10-13/h3-11,31H,1-2H3,(H,24,25)(H2,22,28,29). The van der Waals surface area contributed by atoms with E-state index >= 15 is 0 Å². The number of aromatic nitrogens is 8. The molecule has 154 valence electrons.